The Balaban J connectivity index is 2.08. The molecule has 4 unspecified atom stereocenters. The van der Waals surface area contributed by atoms with Crippen LogP contribution < -0.4 is 0 Å². The third-order valence-electron chi connectivity index (χ3n) is 6.48. The number of likely N-dealkylation sites (N-methyl/N-ethyl adjacent to an activating group) is 1. The first-order valence-corrected chi connectivity index (χ1v) is 10.3. The smallest absolute Gasteiger partial charge is 0.254 e. The maximum atomic E-state index is 12.7. The van der Waals surface area contributed by atoms with Crippen molar-refractivity contribution >= 4 is 35.8 Å². The molecule has 5 amide bonds. The summed E-state index contributed by atoms with van der Waals surface area (Å²) in [5.74, 6) is -2.90. The Morgan fingerprint density at radius 1 is 0.935 bits per heavy atom. The van der Waals surface area contributed by atoms with E-state index in [-0.39, 0.29) is 11.8 Å². The number of nitrogens with zero attached hydrogens (tertiary/aromatic N) is 3. The number of carbonyl (C=O) groups is 6. The number of rotatable bonds is 8. The van der Waals surface area contributed by atoms with E-state index < -0.39 is 47.7 Å². The first-order chi connectivity index (χ1) is 14.8. The summed E-state index contributed by atoms with van der Waals surface area (Å²) in [6, 6.07) is -2.25. The van der Waals surface area contributed by atoms with Gasteiger partial charge < -0.3 is 4.90 Å². The number of allylic oxidation sites excluding steroid dienone is 1. The van der Waals surface area contributed by atoms with Crippen LogP contribution in [0.2, 0.25) is 0 Å². The highest BCUT2D eigenvalue weighted by molar-refractivity contribution is 6.15. The Morgan fingerprint density at radius 2 is 1.39 bits per heavy atom. The molecule has 1 aliphatic carbocycles. The maximum Gasteiger partial charge on any atom is 0.254 e. The van der Waals surface area contributed by atoms with Gasteiger partial charge in [-0.2, -0.15) is 0 Å². The SMILES string of the molecule is CCC(CC)C1C(N(C)C(=O)/C=C\C=O)C(N2C(=O)C=CC2=O)C1N1C(=O)C=CC1=O. The molecule has 0 bridgehead atoms. The van der Waals surface area contributed by atoms with Crippen LogP contribution in [0, 0.1) is 11.8 Å². The minimum atomic E-state index is -0.882. The molecule has 0 radical (unpaired) electrons. The van der Waals surface area contributed by atoms with Crippen LogP contribution in [0.15, 0.2) is 36.5 Å². The molecule has 1 fully saturated rings. The Morgan fingerprint density at radius 3 is 1.81 bits per heavy atom. The number of aldehydes is 1. The molecule has 0 aromatic carbocycles. The average Bonchev–Trinajstić information content (AvgIpc) is 3.24. The van der Waals surface area contributed by atoms with Crippen LogP contribution in [0.3, 0.4) is 0 Å². The molecule has 3 aliphatic rings. The van der Waals surface area contributed by atoms with Gasteiger partial charge in [-0.3, -0.25) is 38.6 Å². The fraction of sp³-hybridized carbons (Fsp3) is 0.455. The zero-order chi connectivity index (χ0) is 22.9. The minimum Gasteiger partial charge on any atom is -0.337 e. The summed E-state index contributed by atoms with van der Waals surface area (Å²) in [6.07, 6.45) is 8.72. The van der Waals surface area contributed by atoms with Crippen molar-refractivity contribution in [3.05, 3.63) is 36.5 Å². The van der Waals surface area contributed by atoms with Crippen molar-refractivity contribution in [2.45, 2.75) is 44.8 Å². The number of carbonyl (C=O) groups excluding carboxylic acids is 6. The third-order valence-corrected chi connectivity index (χ3v) is 6.48. The van der Waals surface area contributed by atoms with Crippen molar-refractivity contribution in [1.29, 1.82) is 0 Å². The summed E-state index contributed by atoms with van der Waals surface area (Å²) >= 11 is 0. The van der Waals surface area contributed by atoms with Gasteiger partial charge in [-0.1, -0.05) is 26.7 Å². The molecule has 0 N–H and O–H groups in total. The van der Waals surface area contributed by atoms with E-state index in [0.29, 0.717) is 6.29 Å². The van der Waals surface area contributed by atoms with E-state index in [4.69, 9.17) is 0 Å². The van der Waals surface area contributed by atoms with Crippen LogP contribution in [-0.4, -0.2) is 75.7 Å². The molecule has 0 saturated heterocycles. The number of imide groups is 2. The van der Waals surface area contributed by atoms with Crippen molar-refractivity contribution in [1.82, 2.24) is 14.7 Å². The topological polar surface area (TPSA) is 112 Å². The molecule has 9 nitrogen and oxygen atoms in total. The van der Waals surface area contributed by atoms with Gasteiger partial charge in [0.25, 0.3) is 23.6 Å². The molecular weight excluding hydrogens is 402 g/mol. The van der Waals surface area contributed by atoms with E-state index in [1.165, 1.54) is 24.1 Å². The average molecular weight is 427 g/mol. The Hall–Kier alpha value is -3.36. The van der Waals surface area contributed by atoms with Gasteiger partial charge in [-0.25, -0.2) is 0 Å². The number of amides is 5. The van der Waals surface area contributed by atoms with Gasteiger partial charge in [0.2, 0.25) is 5.91 Å². The fourth-order valence-corrected chi connectivity index (χ4v) is 5.02. The molecule has 31 heavy (non-hydrogen) atoms. The molecule has 4 atom stereocenters. The largest absolute Gasteiger partial charge is 0.337 e. The second-order valence-corrected chi connectivity index (χ2v) is 7.83. The highest BCUT2D eigenvalue weighted by Crippen LogP contribution is 2.47. The maximum absolute atomic E-state index is 12.7. The predicted octanol–water partition coefficient (Wildman–Crippen LogP) is 0.222. The lowest BCUT2D eigenvalue weighted by Crippen LogP contribution is -2.78. The predicted molar refractivity (Wildman–Crippen MR) is 109 cm³/mol. The fourth-order valence-electron chi connectivity index (χ4n) is 5.02. The van der Waals surface area contributed by atoms with E-state index in [0.717, 1.165) is 46.9 Å². The van der Waals surface area contributed by atoms with Gasteiger partial charge >= 0.3 is 0 Å². The summed E-state index contributed by atoms with van der Waals surface area (Å²) in [5, 5.41) is 0. The van der Waals surface area contributed by atoms with Crippen LogP contribution >= 0.6 is 0 Å². The van der Waals surface area contributed by atoms with E-state index in [9.17, 15) is 28.8 Å². The van der Waals surface area contributed by atoms with E-state index >= 15 is 0 Å². The number of hydrogen-bond donors (Lipinski definition) is 0. The zero-order valence-corrected chi connectivity index (χ0v) is 17.6. The summed E-state index contributed by atoms with van der Waals surface area (Å²) in [6.45, 7) is 3.95. The van der Waals surface area contributed by atoms with Gasteiger partial charge in [0.1, 0.15) is 6.29 Å². The number of hydrogen-bond acceptors (Lipinski definition) is 6. The summed E-state index contributed by atoms with van der Waals surface area (Å²) in [5.41, 5.74) is 0. The van der Waals surface area contributed by atoms with Crippen LogP contribution in [-0.2, 0) is 28.8 Å². The zero-order valence-electron chi connectivity index (χ0n) is 17.6. The van der Waals surface area contributed by atoms with Crippen molar-refractivity contribution in [2.24, 2.45) is 11.8 Å². The summed E-state index contributed by atoms with van der Waals surface area (Å²) in [7, 11) is 1.53. The molecular formula is C22H25N3O6. The van der Waals surface area contributed by atoms with Crippen molar-refractivity contribution in [3.63, 3.8) is 0 Å². The van der Waals surface area contributed by atoms with Gasteiger partial charge in [0.05, 0.1) is 18.1 Å². The highest BCUT2D eigenvalue weighted by Gasteiger charge is 2.63. The second-order valence-electron chi connectivity index (χ2n) is 7.83. The molecule has 2 heterocycles. The van der Waals surface area contributed by atoms with Gasteiger partial charge in [-0.15, -0.1) is 0 Å². The first-order valence-electron chi connectivity index (χ1n) is 10.3. The molecule has 1 saturated carbocycles. The summed E-state index contributed by atoms with van der Waals surface area (Å²) < 4.78 is 0. The van der Waals surface area contributed by atoms with Crippen LogP contribution in [0.1, 0.15) is 26.7 Å². The Labute approximate surface area is 180 Å². The Bertz CT molecular complexity index is 880. The lowest BCUT2D eigenvalue weighted by molar-refractivity contribution is -0.174. The molecule has 9 heteroatoms. The van der Waals surface area contributed by atoms with Crippen LogP contribution in [0.5, 0.6) is 0 Å². The van der Waals surface area contributed by atoms with Crippen LogP contribution in [0.25, 0.3) is 0 Å². The monoisotopic (exact) mass is 427 g/mol. The van der Waals surface area contributed by atoms with E-state index in [1.54, 1.807) is 0 Å². The lowest BCUT2D eigenvalue weighted by atomic mass is 9.60. The van der Waals surface area contributed by atoms with E-state index in [2.05, 4.69) is 0 Å². The third kappa shape index (κ3) is 3.64. The quantitative estimate of drug-likeness (QED) is 0.311. The first kappa shape index (κ1) is 22.3. The van der Waals surface area contributed by atoms with Gasteiger partial charge in [-0.05, 0) is 12.0 Å². The second kappa shape index (κ2) is 8.79. The molecule has 0 spiro atoms. The Kier molecular flexibility index (Phi) is 6.33. The standard InChI is InChI=1S/C22H25N3O6/c1-4-13(5-2)19-20(23(3)14(27)7-6-12-26)22(25-17(30)10-11-18(25)31)21(19)24-15(28)8-9-16(24)29/h6-13,19-22H,4-5H2,1-3H3/b7-6-. The van der Waals surface area contributed by atoms with Crippen molar-refractivity contribution < 1.29 is 28.8 Å². The molecule has 0 aromatic heterocycles. The van der Waals surface area contributed by atoms with E-state index in [1.807, 2.05) is 13.8 Å². The molecule has 3 rings (SSSR count). The van der Waals surface area contributed by atoms with Crippen molar-refractivity contribution in [3.8, 4) is 0 Å². The molecule has 164 valence electrons. The van der Waals surface area contributed by atoms with Crippen LogP contribution in [0.4, 0.5) is 0 Å². The normalized spacial score (nSPS) is 27.7. The highest BCUT2D eigenvalue weighted by atomic mass is 16.2. The molecule has 0 aromatic rings. The summed E-state index contributed by atoms with van der Waals surface area (Å²) in [4.78, 5) is 76.9. The van der Waals surface area contributed by atoms with Gasteiger partial charge in [0.15, 0.2) is 0 Å². The lowest BCUT2D eigenvalue weighted by Gasteiger charge is -2.61. The minimum absolute atomic E-state index is 0.0264. The van der Waals surface area contributed by atoms with Gasteiger partial charge in [0, 0.05) is 43.3 Å². The molecule has 2 aliphatic heterocycles. The van der Waals surface area contributed by atoms with Crippen molar-refractivity contribution in [2.75, 3.05) is 7.05 Å².